The van der Waals surface area contributed by atoms with Crippen LogP contribution in [0, 0.1) is 6.08 Å². The molecular formula is C21H25Cl2OTi-. The van der Waals surface area contributed by atoms with E-state index in [0.29, 0.717) is 5.75 Å². The van der Waals surface area contributed by atoms with Crippen LogP contribution >= 0.6 is 24.8 Å². The van der Waals surface area contributed by atoms with Gasteiger partial charge in [-0.1, -0.05) is 57.5 Å². The maximum Gasteiger partial charge on any atom is 0.115 e. The van der Waals surface area contributed by atoms with Crippen molar-refractivity contribution in [3.63, 3.8) is 0 Å². The van der Waals surface area contributed by atoms with Gasteiger partial charge < -0.3 is 5.11 Å². The molecule has 0 spiro atoms. The monoisotopic (exact) mass is 411 g/mol. The molecule has 0 bridgehead atoms. The van der Waals surface area contributed by atoms with Crippen molar-refractivity contribution in [3.05, 3.63) is 84.0 Å². The molecule has 0 amide bonds. The van der Waals surface area contributed by atoms with Gasteiger partial charge in [-0.15, -0.1) is 48.6 Å². The molecule has 3 rings (SSSR count). The Kier molecular flexibility index (Phi) is 13.0. The molecule has 0 saturated carbocycles. The van der Waals surface area contributed by atoms with Crippen molar-refractivity contribution < 1.29 is 26.8 Å². The van der Waals surface area contributed by atoms with Crippen LogP contribution < -0.4 is 0 Å². The Labute approximate surface area is 179 Å². The predicted molar refractivity (Wildman–Crippen MR) is 108 cm³/mol. The molecule has 0 radical (unpaired) electrons. The smallest absolute Gasteiger partial charge is 0.115 e. The average Bonchev–Trinajstić information content (AvgIpc) is 3.02. The number of phenolic OH excluding ortho intramolecular Hbond substituents is 1. The van der Waals surface area contributed by atoms with E-state index in [1.807, 2.05) is 18.2 Å². The SMILES string of the molecule is CC(C)(C)c1cccc(O)c1.Cl.Cl.[C-]1=C(c2ccccc2)C=CC1.[Ti]. The molecule has 1 aliphatic rings. The molecule has 2 aromatic rings. The number of aromatic hydroxyl groups is 1. The summed E-state index contributed by atoms with van der Waals surface area (Å²) in [5.74, 6) is 0.345. The molecule has 0 atom stereocenters. The summed E-state index contributed by atoms with van der Waals surface area (Å²) in [6.45, 7) is 6.38. The van der Waals surface area contributed by atoms with Crippen LogP contribution in [0.3, 0.4) is 0 Å². The topological polar surface area (TPSA) is 20.2 Å². The molecular weight excluding hydrogens is 387 g/mol. The van der Waals surface area contributed by atoms with Gasteiger partial charge in [0.25, 0.3) is 0 Å². The Morgan fingerprint density at radius 2 is 1.56 bits per heavy atom. The van der Waals surface area contributed by atoms with E-state index in [-0.39, 0.29) is 51.9 Å². The third-order valence-electron chi connectivity index (χ3n) is 3.49. The third-order valence-corrected chi connectivity index (χ3v) is 3.49. The minimum Gasteiger partial charge on any atom is -0.508 e. The van der Waals surface area contributed by atoms with Crippen molar-refractivity contribution in [3.8, 4) is 5.75 Å². The standard InChI is InChI=1S/C11H9.C10H14O.2ClH.Ti/c1-2-6-10(7-3-1)11-8-4-5-9-11;1-10(2,3)8-5-4-6-9(11)7-8;;;/h1-4,6-8H,5H2;4-7,11H,1-3H3;2*1H;/q-1;;;;. The summed E-state index contributed by atoms with van der Waals surface area (Å²) in [7, 11) is 0. The molecule has 0 saturated heterocycles. The van der Waals surface area contributed by atoms with Crippen molar-refractivity contribution in [2.45, 2.75) is 32.6 Å². The summed E-state index contributed by atoms with van der Waals surface area (Å²) < 4.78 is 0. The fourth-order valence-corrected chi connectivity index (χ4v) is 2.19. The van der Waals surface area contributed by atoms with Crippen molar-refractivity contribution >= 4 is 30.4 Å². The summed E-state index contributed by atoms with van der Waals surface area (Å²) in [5, 5.41) is 9.18. The number of phenols is 1. The second-order valence-corrected chi connectivity index (χ2v) is 6.36. The van der Waals surface area contributed by atoms with Gasteiger partial charge in [-0.3, -0.25) is 0 Å². The summed E-state index contributed by atoms with van der Waals surface area (Å²) in [6.07, 6.45) is 8.49. The zero-order chi connectivity index (χ0) is 16.0. The van der Waals surface area contributed by atoms with Gasteiger partial charge in [0.1, 0.15) is 5.75 Å². The van der Waals surface area contributed by atoms with Gasteiger partial charge >= 0.3 is 0 Å². The molecule has 1 N–H and O–H groups in total. The first-order valence-corrected chi connectivity index (χ1v) is 7.59. The van der Waals surface area contributed by atoms with Crippen LogP contribution in [-0.2, 0) is 27.1 Å². The van der Waals surface area contributed by atoms with Crippen LogP contribution in [0.5, 0.6) is 5.75 Å². The zero-order valence-corrected chi connectivity index (χ0v) is 18.0. The van der Waals surface area contributed by atoms with Crippen molar-refractivity contribution in [1.82, 2.24) is 0 Å². The first kappa shape index (κ1) is 26.2. The van der Waals surface area contributed by atoms with E-state index in [1.165, 1.54) is 11.1 Å². The number of hydrogen-bond donors (Lipinski definition) is 1. The minimum absolute atomic E-state index is 0. The van der Waals surface area contributed by atoms with Gasteiger partial charge in [0.2, 0.25) is 0 Å². The quantitative estimate of drug-likeness (QED) is 0.427. The number of allylic oxidation sites excluding steroid dienone is 4. The molecule has 1 nitrogen and oxygen atoms in total. The molecule has 1 aliphatic carbocycles. The van der Waals surface area contributed by atoms with Crippen LogP contribution in [0.1, 0.15) is 38.3 Å². The normalized spacial score (nSPS) is 11.7. The van der Waals surface area contributed by atoms with Crippen LogP contribution in [0.25, 0.3) is 5.57 Å². The maximum atomic E-state index is 9.18. The minimum atomic E-state index is 0. The second kappa shape index (κ2) is 12.4. The van der Waals surface area contributed by atoms with Gasteiger partial charge in [-0.2, -0.15) is 17.7 Å². The molecule has 4 heteroatoms. The van der Waals surface area contributed by atoms with E-state index in [4.69, 9.17) is 0 Å². The molecule has 134 valence electrons. The number of benzene rings is 2. The molecule has 0 unspecified atom stereocenters. The number of hydrogen-bond acceptors (Lipinski definition) is 1. The summed E-state index contributed by atoms with van der Waals surface area (Å²) in [6, 6.07) is 17.7. The van der Waals surface area contributed by atoms with E-state index in [2.05, 4.69) is 63.3 Å². The van der Waals surface area contributed by atoms with Crippen LogP contribution in [0.4, 0.5) is 0 Å². The fraction of sp³-hybridized carbons (Fsp3) is 0.238. The molecule has 0 aliphatic heterocycles. The zero-order valence-electron chi connectivity index (χ0n) is 14.8. The maximum absolute atomic E-state index is 9.18. The Bertz CT molecular complexity index is 674. The summed E-state index contributed by atoms with van der Waals surface area (Å²) >= 11 is 0. The van der Waals surface area contributed by atoms with Gasteiger partial charge in [-0.05, 0) is 23.1 Å². The van der Waals surface area contributed by atoms with Gasteiger partial charge in [-0.25, -0.2) is 0 Å². The van der Waals surface area contributed by atoms with Crippen molar-refractivity contribution in [2.75, 3.05) is 0 Å². The second-order valence-electron chi connectivity index (χ2n) is 6.36. The van der Waals surface area contributed by atoms with E-state index in [1.54, 1.807) is 12.1 Å². The Morgan fingerprint density at radius 3 is 2.00 bits per heavy atom. The van der Waals surface area contributed by atoms with E-state index in [9.17, 15) is 5.11 Å². The number of halogens is 2. The Morgan fingerprint density at radius 1 is 0.920 bits per heavy atom. The predicted octanol–water partition coefficient (Wildman–Crippen LogP) is 6.36. The first-order chi connectivity index (χ1) is 10.5. The van der Waals surface area contributed by atoms with Crippen LogP contribution in [0.15, 0.2) is 66.7 Å². The van der Waals surface area contributed by atoms with Gasteiger partial charge in [0, 0.05) is 21.7 Å². The number of rotatable bonds is 1. The largest absolute Gasteiger partial charge is 0.508 e. The molecule has 0 fully saturated rings. The van der Waals surface area contributed by atoms with Gasteiger partial charge in [0.05, 0.1) is 0 Å². The summed E-state index contributed by atoms with van der Waals surface area (Å²) in [5.41, 5.74) is 3.78. The first-order valence-electron chi connectivity index (χ1n) is 7.59. The van der Waals surface area contributed by atoms with E-state index >= 15 is 0 Å². The molecule has 25 heavy (non-hydrogen) atoms. The van der Waals surface area contributed by atoms with E-state index in [0.717, 1.165) is 12.0 Å². The van der Waals surface area contributed by atoms with Crippen LogP contribution in [-0.4, -0.2) is 5.11 Å². The van der Waals surface area contributed by atoms with Crippen LogP contribution in [0.2, 0.25) is 0 Å². The average molecular weight is 412 g/mol. The van der Waals surface area contributed by atoms with Crippen molar-refractivity contribution in [1.29, 1.82) is 0 Å². The Balaban J connectivity index is 0. The van der Waals surface area contributed by atoms with Gasteiger partial charge in [0.15, 0.2) is 0 Å². The molecule has 0 heterocycles. The molecule has 2 aromatic carbocycles. The summed E-state index contributed by atoms with van der Waals surface area (Å²) in [4.78, 5) is 0. The fourth-order valence-electron chi connectivity index (χ4n) is 2.19. The van der Waals surface area contributed by atoms with E-state index < -0.39 is 0 Å². The Hall–Kier alpha value is -0.986. The van der Waals surface area contributed by atoms with Crippen molar-refractivity contribution in [2.24, 2.45) is 0 Å². The third kappa shape index (κ3) is 8.78. The molecule has 0 aromatic heterocycles.